The van der Waals surface area contributed by atoms with Crippen molar-refractivity contribution in [3.63, 3.8) is 0 Å². The fourth-order valence-corrected chi connectivity index (χ4v) is 5.06. The predicted octanol–water partition coefficient (Wildman–Crippen LogP) is 3.51. The van der Waals surface area contributed by atoms with Crippen molar-refractivity contribution in [3.8, 4) is 0 Å². The van der Waals surface area contributed by atoms with Crippen LogP contribution in [0.1, 0.15) is 63.1 Å². The molecule has 9 heteroatoms. The van der Waals surface area contributed by atoms with Crippen molar-refractivity contribution in [1.82, 2.24) is 14.9 Å². The van der Waals surface area contributed by atoms with Gasteiger partial charge in [0.05, 0.1) is 0 Å². The molecule has 0 unspecified atom stereocenters. The fraction of sp³-hybridized carbons (Fsp3) is 0.357. The third kappa shape index (κ3) is 5.56. The van der Waals surface area contributed by atoms with E-state index in [-0.39, 0.29) is 23.6 Å². The number of nitrogens with zero attached hydrogens (tertiary/aromatic N) is 3. The van der Waals surface area contributed by atoms with E-state index in [1.54, 1.807) is 0 Å². The second-order valence-electron chi connectivity index (χ2n) is 9.97. The molecule has 0 saturated heterocycles. The number of primary amides is 1. The summed E-state index contributed by atoms with van der Waals surface area (Å²) in [6.45, 7) is 3.18. The highest BCUT2D eigenvalue weighted by atomic mass is 16.2. The fourth-order valence-electron chi connectivity index (χ4n) is 5.06. The van der Waals surface area contributed by atoms with E-state index in [0.717, 1.165) is 48.9 Å². The number of rotatable bonds is 6. The highest BCUT2D eigenvalue weighted by molar-refractivity contribution is 5.98. The Kier molecular flexibility index (Phi) is 7.05. The molecule has 1 aromatic heterocycles. The van der Waals surface area contributed by atoms with E-state index in [1.807, 2.05) is 48.2 Å². The summed E-state index contributed by atoms with van der Waals surface area (Å²) >= 11 is 0. The van der Waals surface area contributed by atoms with Crippen LogP contribution in [0.25, 0.3) is 0 Å². The molecule has 1 saturated carbocycles. The van der Waals surface area contributed by atoms with Gasteiger partial charge in [-0.05, 0) is 61.6 Å². The lowest BCUT2D eigenvalue weighted by Crippen LogP contribution is -2.43. The molecule has 2 amide bonds. The molecule has 1 fully saturated rings. The van der Waals surface area contributed by atoms with E-state index in [4.69, 9.17) is 11.5 Å². The van der Waals surface area contributed by atoms with Gasteiger partial charge in [-0.15, -0.1) is 0 Å². The number of carbonyl (C=O) groups excluding carboxylic acids is 2. The maximum atomic E-state index is 13.1. The Morgan fingerprint density at radius 3 is 2.59 bits per heavy atom. The number of benzene rings is 2. The average molecular weight is 500 g/mol. The van der Waals surface area contributed by atoms with Crippen molar-refractivity contribution in [1.29, 1.82) is 0 Å². The molecule has 0 radical (unpaired) electrons. The summed E-state index contributed by atoms with van der Waals surface area (Å²) in [6, 6.07) is 13.8. The van der Waals surface area contributed by atoms with Gasteiger partial charge < -0.3 is 27.0 Å². The molecule has 9 nitrogen and oxygen atoms in total. The Bertz CT molecular complexity index is 1310. The third-order valence-corrected chi connectivity index (χ3v) is 7.26. The van der Waals surface area contributed by atoms with Crippen LogP contribution in [0.15, 0.2) is 48.7 Å². The van der Waals surface area contributed by atoms with Gasteiger partial charge in [-0.1, -0.05) is 36.6 Å². The summed E-state index contributed by atoms with van der Waals surface area (Å²) in [5.41, 5.74) is 16.9. The summed E-state index contributed by atoms with van der Waals surface area (Å²) in [5, 5.41) is 6.57. The highest BCUT2D eigenvalue weighted by Gasteiger charge is 2.24. The average Bonchev–Trinajstić information content (AvgIpc) is 2.89. The molecular formula is C28H33N7O2. The van der Waals surface area contributed by atoms with Gasteiger partial charge in [0.25, 0.3) is 11.8 Å². The number of anilines is 3. The van der Waals surface area contributed by atoms with Gasteiger partial charge in [-0.2, -0.15) is 4.98 Å². The number of aryl methyl sites for hydroxylation is 1. The number of fused-ring (bicyclic) bond motifs is 1. The van der Waals surface area contributed by atoms with Crippen LogP contribution in [-0.4, -0.2) is 45.3 Å². The normalized spacial score (nSPS) is 19.1. The minimum Gasteiger partial charge on any atom is -0.365 e. The first-order valence-corrected chi connectivity index (χ1v) is 12.8. The summed E-state index contributed by atoms with van der Waals surface area (Å²) in [6.07, 6.45) is 6.36. The molecule has 3 aromatic rings. The zero-order chi connectivity index (χ0) is 25.9. The number of amides is 2. The third-order valence-electron chi connectivity index (χ3n) is 7.26. The highest BCUT2D eigenvalue weighted by Crippen LogP contribution is 2.27. The van der Waals surface area contributed by atoms with Crippen molar-refractivity contribution in [2.75, 3.05) is 17.2 Å². The molecule has 0 bridgehead atoms. The number of hydrogen-bond donors (Lipinski definition) is 4. The van der Waals surface area contributed by atoms with Gasteiger partial charge in [-0.25, -0.2) is 4.98 Å². The Hall–Kier alpha value is -3.98. The van der Waals surface area contributed by atoms with E-state index in [1.165, 1.54) is 11.8 Å². The first kappa shape index (κ1) is 24.7. The van der Waals surface area contributed by atoms with Crippen LogP contribution in [0.3, 0.4) is 0 Å². The molecular weight excluding hydrogens is 466 g/mol. The van der Waals surface area contributed by atoms with E-state index in [9.17, 15) is 9.59 Å². The maximum Gasteiger partial charge on any atom is 0.254 e. The van der Waals surface area contributed by atoms with Gasteiger partial charge in [0.2, 0.25) is 5.95 Å². The van der Waals surface area contributed by atoms with Gasteiger partial charge in [0.1, 0.15) is 11.4 Å². The monoisotopic (exact) mass is 499 g/mol. The first-order valence-electron chi connectivity index (χ1n) is 12.8. The molecule has 2 aromatic carbocycles. The van der Waals surface area contributed by atoms with Gasteiger partial charge in [0, 0.05) is 42.6 Å². The summed E-state index contributed by atoms with van der Waals surface area (Å²) in [5.74, 6) is 0.143. The largest absolute Gasteiger partial charge is 0.365 e. The molecule has 6 N–H and O–H groups in total. The van der Waals surface area contributed by atoms with Crippen LogP contribution in [-0.2, 0) is 13.0 Å². The lowest BCUT2D eigenvalue weighted by Gasteiger charge is -2.30. The van der Waals surface area contributed by atoms with Crippen LogP contribution in [0.5, 0.6) is 0 Å². The number of hydrogen-bond acceptors (Lipinski definition) is 7. The molecule has 2 atom stereocenters. The van der Waals surface area contributed by atoms with Gasteiger partial charge in [-0.3, -0.25) is 9.59 Å². The Balaban J connectivity index is 1.35. The predicted molar refractivity (Wildman–Crippen MR) is 144 cm³/mol. The first-order chi connectivity index (χ1) is 17.9. The van der Waals surface area contributed by atoms with Crippen LogP contribution in [0.4, 0.5) is 17.5 Å². The van der Waals surface area contributed by atoms with Gasteiger partial charge in [0.15, 0.2) is 0 Å². The quantitative estimate of drug-likeness (QED) is 0.407. The van der Waals surface area contributed by atoms with E-state index >= 15 is 0 Å². The smallest absolute Gasteiger partial charge is 0.254 e. The van der Waals surface area contributed by atoms with Gasteiger partial charge >= 0.3 is 0 Å². The Morgan fingerprint density at radius 1 is 1.05 bits per heavy atom. The Morgan fingerprint density at radius 2 is 1.84 bits per heavy atom. The summed E-state index contributed by atoms with van der Waals surface area (Å²) < 4.78 is 0. The number of aromatic nitrogens is 2. The van der Waals surface area contributed by atoms with Crippen molar-refractivity contribution >= 4 is 29.3 Å². The molecule has 192 valence electrons. The number of nitrogens with one attached hydrogen (secondary N) is 2. The lowest BCUT2D eigenvalue weighted by atomic mass is 9.91. The zero-order valence-corrected chi connectivity index (χ0v) is 21.0. The topological polar surface area (TPSA) is 139 Å². The van der Waals surface area contributed by atoms with Crippen molar-refractivity contribution in [2.45, 2.75) is 57.7 Å². The molecule has 1 aliphatic carbocycles. The van der Waals surface area contributed by atoms with Crippen molar-refractivity contribution in [2.24, 2.45) is 11.5 Å². The molecule has 37 heavy (non-hydrogen) atoms. The van der Waals surface area contributed by atoms with E-state index in [0.29, 0.717) is 30.4 Å². The molecule has 5 rings (SSSR count). The Labute approximate surface area is 216 Å². The summed E-state index contributed by atoms with van der Waals surface area (Å²) in [7, 11) is 0. The van der Waals surface area contributed by atoms with Crippen LogP contribution >= 0.6 is 0 Å². The lowest BCUT2D eigenvalue weighted by molar-refractivity contribution is 0.0734. The van der Waals surface area contributed by atoms with Crippen LogP contribution in [0, 0.1) is 6.92 Å². The van der Waals surface area contributed by atoms with E-state index < -0.39 is 5.91 Å². The molecule has 2 aliphatic rings. The number of nitrogens with two attached hydrogens (primary N) is 2. The molecule has 1 aliphatic heterocycles. The van der Waals surface area contributed by atoms with Crippen molar-refractivity contribution in [3.05, 3.63) is 76.5 Å². The SMILES string of the molecule is Cc1ccc(C(=O)N2CCc3ccc(Nc4nc(N[C@@H]5CCCC[C@@H]5N)ncc4C(N)=O)cc3C2)cc1. The minimum absolute atomic E-state index is 0.0208. The molecule has 2 heterocycles. The van der Waals surface area contributed by atoms with E-state index in [2.05, 4.69) is 26.7 Å². The van der Waals surface area contributed by atoms with Crippen LogP contribution < -0.4 is 22.1 Å². The van der Waals surface area contributed by atoms with Crippen molar-refractivity contribution < 1.29 is 9.59 Å². The standard InChI is InChI=1S/C28H33N7O2/c1-17-6-8-19(9-7-17)27(37)35-13-12-18-10-11-21(14-20(18)16-35)32-26-22(25(30)36)15-31-28(34-26)33-24-5-3-2-4-23(24)29/h6-11,14-15,23-24H,2-5,12-13,16,29H2,1H3,(H2,30,36)(H2,31,32,33,34)/t23-,24+/m0/s1. The zero-order valence-electron chi connectivity index (χ0n) is 21.0. The number of carbonyl (C=O) groups is 2. The second-order valence-corrected chi connectivity index (χ2v) is 9.97. The minimum atomic E-state index is -0.615. The van der Waals surface area contributed by atoms with Crippen LogP contribution in [0.2, 0.25) is 0 Å². The molecule has 0 spiro atoms. The second kappa shape index (κ2) is 10.6. The maximum absolute atomic E-state index is 13.1. The summed E-state index contributed by atoms with van der Waals surface area (Å²) in [4.78, 5) is 35.9.